The van der Waals surface area contributed by atoms with Crippen LogP contribution in [0.25, 0.3) is 16.8 Å². The molecule has 8 heteroatoms. The number of carbonyl (C=O) groups excluding carboxylic acids is 2. The van der Waals surface area contributed by atoms with Crippen LogP contribution in [0.4, 0.5) is 0 Å². The van der Waals surface area contributed by atoms with Gasteiger partial charge in [-0.25, -0.2) is 0 Å². The maximum absolute atomic E-state index is 12.5. The fourth-order valence-corrected chi connectivity index (χ4v) is 4.29. The van der Waals surface area contributed by atoms with Gasteiger partial charge in [0.1, 0.15) is 12.2 Å². The Morgan fingerprint density at radius 1 is 0.938 bits per heavy atom. The van der Waals surface area contributed by atoms with Crippen LogP contribution in [-0.4, -0.2) is 40.8 Å². The van der Waals surface area contributed by atoms with Gasteiger partial charge in [0.05, 0.1) is 10.0 Å². The standard InChI is InChI=1S/C24H18Cl2N2O3S/c1-27-22(29)18(23(30)28(2)24(27)32)10-14-11-19(25)21(20(26)12-14)31-13-16-8-5-7-15-6-3-4-9-17(15)16/h3-12H,13H2,1-2H3. The van der Waals surface area contributed by atoms with Gasteiger partial charge in [-0.05, 0) is 52.3 Å². The molecule has 162 valence electrons. The number of amides is 2. The molecule has 0 aromatic heterocycles. The van der Waals surface area contributed by atoms with E-state index in [1.807, 2.05) is 42.5 Å². The third-order valence-corrected chi connectivity index (χ3v) is 6.34. The van der Waals surface area contributed by atoms with Crippen LogP contribution in [0.5, 0.6) is 5.75 Å². The van der Waals surface area contributed by atoms with Crippen molar-refractivity contribution in [1.29, 1.82) is 0 Å². The molecule has 1 aliphatic rings. The third-order valence-electron chi connectivity index (χ3n) is 5.23. The first-order valence-corrected chi connectivity index (χ1v) is 10.8. The molecule has 0 atom stereocenters. The van der Waals surface area contributed by atoms with Gasteiger partial charge < -0.3 is 4.74 Å². The van der Waals surface area contributed by atoms with E-state index >= 15 is 0 Å². The summed E-state index contributed by atoms with van der Waals surface area (Å²) in [6, 6.07) is 17.2. The van der Waals surface area contributed by atoms with Crippen molar-refractivity contribution in [2.24, 2.45) is 0 Å². The molecule has 0 radical (unpaired) electrons. The summed E-state index contributed by atoms with van der Waals surface area (Å²) in [6.45, 7) is 0.283. The van der Waals surface area contributed by atoms with E-state index in [0.29, 0.717) is 11.3 Å². The number of likely N-dealkylation sites (N-methyl/N-ethyl adjacent to an activating group) is 2. The van der Waals surface area contributed by atoms with Crippen LogP contribution >= 0.6 is 35.4 Å². The second kappa shape index (κ2) is 8.90. The summed E-state index contributed by atoms with van der Waals surface area (Å²) in [4.78, 5) is 27.5. The highest BCUT2D eigenvalue weighted by Gasteiger charge is 2.35. The van der Waals surface area contributed by atoms with E-state index in [1.54, 1.807) is 12.1 Å². The fourth-order valence-electron chi connectivity index (χ4n) is 3.51. The number of halogens is 2. The lowest BCUT2D eigenvalue weighted by Crippen LogP contribution is -2.52. The topological polar surface area (TPSA) is 49.9 Å². The van der Waals surface area contributed by atoms with E-state index < -0.39 is 11.8 Å². The first-order chi connectivity index (χ1) is 15.3. The summed E-state index contributed by atoms with van der Waals surface area (Å²) < 4.78 is 5.95. The lowest BCUT2D eigenvalue weighted by atomic mass is 10.1. The van der Waals surface area contributed by atoms with E-state index in [2.05, 4.69) is 0 Å². The van der Waals surface area contributed by atoms with Crippen LogP contribution in [0.15, 0.2) is 60.2 Å². The summed E-state index contributed by atoms with van der Waals surface area (Å²) in [5.41, 5.74) is 1.48. The highest BCUT2D eigenvalue weighted by Crippen LogP contribution is 2.36. The molecule has 32 heavy (non-hydrogen) atoms. The Balaban J connectivity index is 1.61. The summed E-state index contributed by atoms with van der Waals surface area (Å²) in [7, 11) is 3.04. The van der Waals surface area contributed by atoms with E-state index in [4.69, 9.17) is 40.2 Å². The summed E-state index contributed by atoms with van der Waals surface area (Å²) in [5, 5.41) is 2.90. The Bertz CT molecular complexity index is 1250. The van der Waals surface area contributed by atoms with Crippen molar-refractivity contribution in [3.8, 4) is 5.75 Å². The quantitative estimate of drug-likeness (QED) is 0.285. The van der Waals surface area contributed by atoms with Crippen molar-refractivity contribution in [2.45, 2.75) is 6.61 Å². The average molecular weight is 485 g/mol. The van der Waals surface area contributed by atoms with Crippen LogP contribution in [0.2, 0.25) is 10.0 Å². The van der Waals surface area contributed by atoms with Crippen molar-refractivity contribution in [1.82, 2.24) is 9.80 Å². The van der Waals surface area contributed by atoms with Gasteiger partial charge in [-0.15, -0.1) is 0 Å². The van der Waals surface area contributed by atoms with Crippen molar-refractivity contribution >= 4 is 69.2 Å². The van der Waals surface area contributed by atoms with Crippen LogP contribution in [0.1, 0.15) is 11.1 Å². The Morgan fingerprint density at radius 3 is 2.19 bits per heavy atom. The van der Waals surface area contributed by atoms with Gasteiger partial charge in [-0.1, -0.05) is 65.7 Å². The van der Waals surface area contributed by atoms with Gasteiger partial charge in [0.15, 0.2) is 10.9 Å². The van der Waals surface area contributed by atoms with E-state index in [0.717, 1.165) is 16.3 Å². The van der Waals surface area contributed by atoms with Gasteiger partial charge >= 0.3 is 0 Å². The minimum atomic E-state index is -0.485. The largest absolute Gasteiger partial charge is 0.486 e. The highest BCUT2D eigenvalue weighted by atomic mass is 35.5. The van der Waals surface area contributed by atoms with Gasteiger partial charge in [0, 0.05) is 14.1 Å². The zero-order valence-corrected chi connectivity index (χ0v) is 19.6. The molecule has 3 aromatic carbocycles. The first kappa shape index (κ1) is 22.3. The number of benzene rings is 3. The van der Waals surface area contributed by atoms with E-state index in [1.165, 1.54) is 30.0 Å². The van der Waals surface area contributed by atoms with Crippen molar-refractivity contribution in [3.63, 3.8) is 0 Å². The second-order valence-electron chi connectivity index (χ2n) is 7.31. The normalized spacial score (nSPS) is 14.4. The Kier molecular flexibility index (Phi) is 6.20. The Labute approximate surface area is 200 Å². The highest BCUT2D eigenvalue weighted by molar-refractivity contribution is 7.80. The molecule has 3 aromatic rings. The van der Waals surface area contributed by atoms with Gasteiger partial charge in [0.2, 0.25) is 0 Å². The van der Waals surface area contributed by atoms with Crippen LogP contribution in [-0.2, 0) is 16.2 Å². The van der Waals surface area contributed by atoms with E-state index in [-0.39, 0.29) is 27.3 Å². The van der Waals surface area contributed by atoms with Gasteiger partial charge in [-0.2, -0.15) is 0 Å². The molecule has 1 fully saturated rings. The van der Waals surface area contributed by atoms with E-state index in [9.17, 15) is 9.59 Å². The minimum absolute atomic E-state index is 0.0276. The van der Waals surface area contributed by atoms with Gasteiger partial charge in [0.25, 0.3) is 11.8 Å². The van der Waals surface area contributed by atoms with Crippen molar-refractivity contribution < 1.29 is 14.3 Å². The molecule has 5 nitrogen and oxygen atoms in total. The lowest BCUT2D eigenvalue weighted by molar-refractivity contribution is -0.132. The van der Waals surface area contributed by atoms with Crippen LogP contribution in [0.3, 0.4) is 0 Å². The number of nitrogens with zero attached hydrogens (tertiary/aromatic N) is 2. The first-order valence-electron chi connectivity index (χ1n) is 9.68. The number of thiocarbonyl (C=S) groups is 1. The molecule has 0 saturated carbocycles. The smallest absolute Gasteiger partial charge is 0.265 e. The maximum atomic E-state index is 12.5. The molecule has 0 aliphatic carbocycles. The summed E-state index contributed by atoms with van der Waals surface area (Å²) >= 11 is 18.0. The number of ether oxygens (including phenoxy) is 1. The Morgan fingerprint density at radius 2 is 1.53 bits per heavy atom. The zero-order valence-electron chi connectivity index (χ0n) is 17.3. The monoisotopic (exact) mass is 484 g/mol. The second-order valence-corrected chi connectivity index (χ2v) is 8.49. The lowest BCUT2D eigenvalue weighted by Gasteiger charge is -2.31. The molecule has 1 saturated heterocycles. The average Bonchev–Trinajstić information content (AvgIpc) is 2.79. The number of hydrogen-bond acceptors (Lipinski definition) is 4. The molecule has 0 unspecified atom stereocenters. The summed E-state index contributed by atoms with van der Waals surface area (Å²) in [6.07, 6.45) is 1.45. The molecule has 1 heterocycles. The molecular weight excluding hydrogens is 467 g/mol. The summed E-state index contributed by atoms with van der Waals surface area (Å²) in [5.74, 6) is -0.636. The predicted octanol–water partition coefficient (Wildman–Crippen LogP) is 5.32. The van der Waals surface area contributed by atoms with Crippen LogP contribution in [0, 0.1) is 0 Å². The fraction of sp³-hybridized carbons (Fsp3) is 0.125. The third kappa shape index (κ3) is 4.09. The minimum Gasteiger partial charge on any atom is -0.486 e. The molecule has 0 spiro atoms. The van der Waals surface area contributed by atoms with Crippen molar-refractivity contribution in [3.05, 3.63) is 81.3 Å². The number of carbonyl (C=O) groups is 2. The SMILES string of the molecule is CN1C(=O)C(=Cc2cc(Cl)c(OCc3cccc4ccccc34)c(Cl)c2)C(=O)N(C)C1=S. The number of fused-ring (bicyclic) bond motifs is 1. The number of rotatable bonds is 4. The molecule has 0 N–H and O–H groups in total. The molecule has 1 aliphatic heterocycles. The number of hydrogen-bond donors (Lipinski definition) is 0. The Hall–Kier alpha value is -2.93. The molecule has 4 rings (SSSR count). The van der Waals surface area contributed by atoms with Gasteiger partial charge in [-0.3, -0.25) is 19.4 Å². The zero-order chi connectivity index (χ0) is 23.0. The predicted molar refractivity (Wildman–Crippen MR) is 131 cm³/mol. The molecular formula is C24H18Cl2N2O3S. The van der Waals surface area contributed by atoms with Crippen molar-refractivity contribution in [2.75, 3.05) is 14.1 Å². The molecule has 0 bridgehead atoms. The van der Waals surface area contributed by atoms with Crippen LogP contribution < -0.4 is 4.74 Å². The maximum Gasteiger partial charge on any atom is 0.265 e. The molecule has 2 amide bonds.